The molecule has 3 heteroatoms. The van der Waals surface area contributed by atoms with Crippen LogP contribution < -0.4 is 10.5 Å². The van der Waals surface area contributed by atoms with E-state index in [-0.39, 0.29) is 0 Å². The van der Waals surface area contributed by atoms with E-state index in [0.29, 0.717) is 17.9 Å². The van der Waals surface area contributed by atoms with Gasteiger partial charge < -0.3 is 10.5 Å². The van der Waals surface area contributed by atoms with Crippen LogP contribution in [0, 0.1) is 0 Å². The molecule has 0 radical (unpaired) electrons. The average Bonchev–Trinajstić information content (AvgIpc) is 2.19. The number of carbonyl (C=O) groups is 1. The molecule has 1 aromatic carbocycles. The van der Waals surface area contributed by atoms with Gasteiger partial charge in [0.15, 0.2) is 0 Å². The van der Waals surface area contributed by atoms with Gasteiger partial charge in [-0.25, -0.2) is 0 Å². The largest absolute Gasteiger partial charge is 0.490 e. The molecule has 0 aliphatic heterocycles. The topological polar surface area (TPSA) is 52.3 Å². The molecule has 0 fully saturated rings. The summed E-state index contributed by atoms with van der Waals surface area (Å²) in [6.07, 6.45) is 3.79. The Hall–Kier alpha value is -1.77. The average molecular weight is 191 g/mol. The standard InChI is InChI=1S/C11H13NO2/c1-2-3-7-14-10-6-4-5-9(8-10)11(12)13/h2-6,8H,7H2,1H3,(H2,12,13)/b3-2+. The van der Waals surface area contributed by atoms with Crippen LogP contribution in [0.3, 0.4) is 0 Å². The Kier molecular flexibility index (Phi) is 3.73. The van der Waals surface area contributed by atoms with Crippen molar-refractivity contribution < 1.29 is 9.53 Å². The minimum Gasteiger partial charge on any atom is -0.490 e. The lowest BCUT2D eigenvalue weighted by atomic mass is 10.2. The highest BCUT2D eigenvalue weighted by Crippen LogP contribution is 2.12. The Morgan fingerprint density at radius 2 is 2.36 bits per heavy atom. The van der Waals surface area contributed by atoms with Crippen LogP contribution in [-0.2, 0) is 0 Å². The van der Waals surface area contributed by atoms with Gasteiger partial charge in [0.2, 0.25) is 5.91 Å². The highest BCUT2D eigenvalue weighted by atomic mass is 16.5. The molecule has 0 atom stereocenters. The zero-order valence-corrected chi connectivity index (χ0v) is 8.07. The Morgan fingerprint density at radius 1 is 1.57 bits per heavy atom. The number of amides is 1. The first-order valence-corrected chi connectivity index (χ1v) is 4.38. The van der Waals surface area contributed by atoms with Crippen LogP contribution in [0.5, 0.6) is 5.75 Å². The van der Waals surface area contributed by atoms with E-state index in [4.69, 9.17) is 10.5 Å². The molecule has 0 aromatic heterocycles. The molecule has 0 aliphatic rings. The first-order valence-electron chi connectivity index (χ1n) is 4.38. The van der Waals surface area contributed by atoms with E-state index < -0.39 is 5.91 Å². The summed E-state index contributed by atoms with van der Waals surface area (Å²) in [5.41, 5.74) is 5.59. The van der Waals surface area contributed by atoms with Crippen molar-refractivity contribution in [2.75, 3.05) is 6.61 Å². The number of rotatable bonds is 4. The molecule has 0 bridgehead atoms. The van der Waals surface area contributed by atoms with Crippen LogP contribution in [0.4, 0.5) is 0 Å². The van der Waals surface area contributed by atoms with Crippen LogP contribution in [0.2, 0.25) is 0 Å². The summed E-state index contributed by atoms with van der Waals surface area (Å²) in [6, 6.07) is 6.82. The molecule has 1 aromatic rings. The van der Waals surface area contributed by atoms with E-state index in [9.17, 15) is 4.79 Å². The third kappa shape index (κ3) is 2.94. The number of allylic oxidation sites excluding steroid dienone is 1. The Morgan fingerprint density at radius 3 is 3.00 bits per heavy atom. The second-order valence-corrected chi connectivity index (χ2v) is 2.77. The van der Waals surface area contributed by atoms with E-state index in [2.05, 4.69) is 0 Å². The van der Waals surface area contributed by atoms with E-state index in [0.717, 1.165) is 0 Å². The molecule has 3 nitrogen and oxygen atoms in total. The normalized spacial score (nSPS) is 10.4. The van der Waals surface area contributed by atoms with Crippen LogP contribution in [0.15, 0.2) is 36.4 Å². The third-order valence-electron chi connectivity index (χ3n) is 1.70. The summed E-state index contributed by atoms with van der Waals surface area (Å²) in [7, 11) is 0. The fraction of sp³-hybridized carbons (Fsp3) is 0.182. The summed E-state index contributed by atoms with van der Waals surface area (Å²) < 4.78 is 5.34. The van der Waals surface area contributed by atoms with Crippen molar-refractivity contribution in [2.45, 2.75) is 6.92 Å². The molecular formula is C11H13NO2. The third-order valence-corrected chi connectivity index (χ3v) is 1.70. The summed E-state index contributed by atoms with van der Waals surface area (Å²) in [5.74, 6) is 0.209. The molecule has 0 unspecified atom stereocenters. The number of primary amides is 1. The van der Waals surface area contributed by atoms with Crippen molar-refractivity contribution in [1.82, 2.24) is 0 Å². The second kappa shape index (κ2) is 5.07. The number of carbonyl (C=O) groups excluding carboxylic acids is 1. The second-order valence-electron chi connectivity index (χ2n) is 2.77. The van der Waals surface area contributed by atoms with E-state index in [1.165, 1.54) is 0 Å². The van der Waals surface area contributed by atoms with Crippen molar-refractivity contribution in [1.29, 1.82) is 0 Å². The Labute approximate surface area is 83.2 Å². The van der Waals surface area contributed by atoms with Gasteiger partial charge in [-0.3, -0.25) is 4.79 Å². The summed E-state index contributed by atoms with van der Waals surface area (Å²) >= 11 is 0. The Balaban J connectivity index is 2.68. The van der Waals surface area contributed by atoms with E-state index in [1.807, 2.05) is 19.1 Å². The minimum atomic E-state index is -0.443. The van der Waals surface area contributed by atoms with Gasteiger partial charge in [-0.2, -0.15) is 0 Å². The fourth-order valence-electron chi connectivity index (χ4n) is 0.980. The first kappa shape index (κ1) is 10.3. The van der Waals surface area contributed by atoms with Gasteiger partial charge in [0.25, 0.3) is 0 Å². The molecule has 14 heavy (non-hydrogen) atoms. The van der Waals surface area contributed by atoms with Crippen molar-refractivity contribution in [2.24, 2.45) is 5.73 Å². The molecule has 0 aliphatic carbocycles. The van der Waals surface area contributed by atoms with Gasteiger partial charge in [0.1, 0.15) is 12.4 Å². The molecule has 2 N–H and O–H groups in total. The predicted octanol–water partition coefficient (Wildman–Crippen LogP) is 1.74. The highest BCUT2D eigenvalue weighted by molar-refractivity contribution is 5.93. The first-order chi connectivity index (χ1) is 6.74. The van der Waals surface area contributed by atoms with Gasteiger partial charge >= 0.3 is 0 Å². The lowest BCUT2D eigenvalue weighted by Gasteiger charge is -2.03. The molecule has 1 rings (SSSR count). The smallest absolute Gasteiger partial charge is 0.248 e. The lowest BCUT2D eigenvalue weighted by molar-refractivity contribution is 0.1000. The van der Waals surface area contributed by atoms with E-state index in [1.54, 1.807) is 24.3 Å². The summed E-state index contributed by atoms with van der Waals surface area (Å²) in [5, 5.41) is 0. The summed E-state index contributed by atoms with van der Waals surface area (Å²) in [4.78, 5) is 10.8. The molecule has 1 amide bonds. The molecule has 0 saturated heterocycles. The Bertz CT molecular complexity index is 345. The number of hydrogen-bond acceptors (Lipinski definition) is 2. The monoisotopic (exact) mass is 191 g/mol. The van der Waals surface area contributed by atoms with E-state index >= 15 is 0 Å². The quantitative estimate of drug-likeness (QED) is 0.737. The van der Waals surface area contributed by atoms with Crippen LogP contribution in [-0.4, -0.2) is 12.5 Å². The molecule has 0 saturated carbocycles. The predicted molar refractivity (Wildman–Crippen MR) is 55.3 cm³/mol. The maximum atomic E-state index is 10.8. The number of benzene rings is 1. The maximum Gasteiger partial charge on any atom is 0.248 e. The SMILES string of the molecule is C/C=C/COc1cccc(C(N)=O)c1. The highest BCUT2D eigenvalue weighted by Gasteiger charge is 2.00. The number of ether oxygens (including phenoxy) is 1. The van der Waals surface area contributed by atoms with Crippen LogP contribution >= 0.6 is 0 Å². The molecule has 74 valence electrons. The molecular weight excluding hydrogens is 178 g/mol. The van der Waals surface area contributed by atoms with Crippen molar-refractivity contribution in [3.63, 3.8) is 0 Å². The van der Waals surface area contributed by atoms with Gasteiger partial charge in [-0.05, 0) is 25.1 Å². The van der Waals surface area contributed by atoms with Crippen LogP contribution in [0.1, 0.15) is 17.3 Å². The molecule has 0 spiro atoms. The van der Waals surface area contributed by atoms with Crippen molar-refractivity contribution in [3.8, 4) is 5.75 Å². The fourth-order valence-corrected chi connectivity index (χ4v) is 0.980. The van der Waals surface area contributed by atoms with Crippen molar-refractivity contribution in [3.05, 3.63) is 42.0 Å². The van der Waals surface area contributed by atoms with Gasteiger partial charge in [-0.15, -0.1) is 0 Å². The zero-order chi connectivity index (χ0) is 10.4. The van der Waals surface area contributed by atoms with Crippen LogP contribution in [0.25, 0.3) is 0 Å². The van der Waals surface area contributed by atoms with Crippen molar-refractivity contribution >= 4 is 5.91 Å². The number of nitrogens with two attached hydrogens (primary N) is 1. The number of hydrogen-bond donors (Lipinski definition) is 1. The van der Waals surface area contributed by atoms with Gasteiger partial charge in [0, 0.05) is 5.56 Å². The maximum absolute atomic E-state index is 10.8. The summed E-state index contributed by atoms with van der Waals surface area (Å²) in [6.45, 7) is 2.42. The minimum absolute atomic E-state index is 0.443. The molecule has 0 heterocycles. The zero-order valence-electron chi connectivity index (χ0n) is 8.07. The van der Waals surface area contributed by atoms with Gasteiger partial charge in [-0.1, -0.05) is 18.2 Å². The van der Waals surface area contributed by atoms with Gasteiger partial charge in [0.05, 0.1) is 0 Å². The lowest BCUT2D eigenvalue weighted by Crippen LogP contribution is -2.10.